The van der Waals surface area contributed by atoms with E-state index in [-0.39, 0.29) is 16.2 Å². The van der Waals surface area contributed by atoms with Gasteiger partial charge in [-0.2, -0.15) is 0 Å². The van der Waals surface area contributed by atoms with Gasteiger partial charge in [-0.3, -0.25) is 0 Å². The molecule has 0 aliphatic heterocycles. The van der Waals surface area contributed by atoms with Crippen LogP contribution in [0, 0.1) is 3.70 Å². The molecule has 0 radical (unpaired) electrons. The molecule has 0 N–H and O–H groups in total. The Morgan fingerprint density at radius 2 is 2.11 bits per heavy atom. The van der Waals surface area contributed by atoms with Gasteiger partial charge >= 0.3 is 12.3 Å². The number of alkyl halides is 3. The van der Waals surface area contributed by atoms with Crippen LogP contribution < -0.4 is 9.47 Å². The monoisotopic (exact) mass is 391 g/mol. The van der Waals surface area contributed by atoms with E-state index >= 15 is 0 Å². The van der Waals surface area contributed by atoms with Crippen LogP contribution in [-0.4, -0.2) is 31.0 Å². The molecule has 1 aromatic rings. The van der Waals surface area contributed by atoms with Gasteiger partial charge in [-0.05, 0) is 29.5 Å². The van der Waals surface area contributed by atoms with Crippen molar-refractivity contribution >= 4 is 28.6 Å². The molecular formula is C10H9F3INO4. The van der Waals surface area contributed by atoms with Crippen LogP contribution >= 0.6 is 22.6 Å². The van der Waals surface area contributed by atoms with Crippen LogP contribution in [-0.2, 0) is 4.74 Å². The average molecular weight is 391 g/mol. The first-order valence-electron chi connectivity index (χ1n) is 4.96. The summed E-state index contributed by atoms with van der Waals surface area (Å²) in [5.74, 6) is -1.66. The maximum absolute atomic E-state index is 12.3. The van der Waals surface area contributed by atoms with Gasteiger partial charge in [0, 0.05) is 6.07 Å². The van der Waals surface area contributed by atoms with Crippen molar-refractivity contribution in [2.45, 2.75) is 13.3 Å². The highest BCUT2D eigenvalue weighted by molar-refractivity contribution is 14.1. The first kappa shape index (κ1) is 15.8. The number of nitrogens with zero attached hydrogens (tertiary/aromatic N) is 1. The Balaban J connectivity index is 3.29. The molecule has 0 bridgehead atoms. The quantitative estimate of drug-likeness (QED) is 0.449. The molecule has 0 fully saturated rings. The zero-order valence-corrected chi connectivity index (χ0v) is 12.0. The van der Waals surface area contributed by atoms with Crippen molar-refractivity contribution in [1.82, 2.24) is 4.98 Å². The molecule has 1 heterocycles. The first-order chi connectivity index (χ1) is 8.78. The minimum atomic E-state index is -4.93. The Kier molecular flexibility index (Phi) is 5.20. The van der Waals surface area contributed by atoms with Crippen LogP contribution in [0.25, 0.3) is 0 Å². The SMILES string of the molecule is CCOC(=O)c1cc(OC)nc(I)c1OC(F)(F)F. The molecule has 0 spiro atoms. The van der Waals surface area contributed by atoms with Gasteiger partial charge in [0.25, 0.3) is 0 Å². The van der Waals surface area contributed by atoms with Crippen molar-refractivity contribution < 1.29 is 32.2 Å². The van der Waals surface area contributed by atoms with E-state index in [1.165, 1.54) is 36.6 Å². The van der Waals surface area contributed by atoms with E-state index in [2.05, 4.69) is 14.5 Å². The average Bonchev–Trinajstić information content (AvgIpc) is 2.30. The summed E-state index contributed by atoms with van der Waals surface area (Å²) in [4.78, 5) is 15.3. The van der Waals surface area contributed by atoms with Crippen molar-refractivity contribution in [2.75, 3.05) is 13.7 Å². The van der Waals surface area contributed by atoms with E-state index in [1.54, 1.807) is 0 Å². The second-order valence-electron chi connectivity index (χ2n) is 3.10. The Labute approximate surface area is 120 Å². The highest BCUT2D eigenvalue weighted by Crippen LogP contribution is 2.32. The van der Waals surface area contributed by atoms with E-state index in [0.29, 0.717) is 0 Å². The second-order valence-corrected chi connectivity index (χ2v) is 4.12. The van der Waals surface area contributed by atoms with Crippen LogP contribution in [0.3, 0.4) is 0 Å². The number of pyridine rings is 1. The molecule has 0 aromatic carbocycles. The number of ether oxygens (including phenoxy) is 3. The summed E-state index contributed by atoms with van der Waals surface area (Å²) in [6, 6.07) is 1.03. The number of hydrogen-bond acceptors (Lipinski definition) is 5. The smallest absolute Gasteiger partial charge is 0.481 e. The van der Waals surface area contributed by atoms with Gasteiger partial charge in [-0.15, -0.1) is 13.2 Å². The van der Waals surface area contributed by atoms with Crippen LogP contribution in [0.5, 0.6) is 11.6 Å². The van der Waals surface area contributed by atoms with Crippen LogP contribution in [0.2, 0.25) is 0 Å². The van der Waals surface area contributed by atoms with Gasteiger partial charge in [0.05, 0.1) is 13.7 Å². The zero-order valence-electron chi connectivity index (χ0n) is 9.88. The van der Waals surface area contributed by atoms with E-state index in [1.807, 2.05) is 0 Å². The summed E-state index contributed by atoms with van der Waals surface area (Å²) in [5.41, 5.74) is -0.393. The fraction of sp³-hybridized carbons (Fsp3) is 0.400. The van der Waals surface area contributed by atoms with E-state index in [9.17, 15) is 18.0 Å². The lowest BCUT2D eigenvalue weighted by Gasteiger charge is -2.14. The van der Waals surface area contributed by atoms with Crippen LogP contribution in [0.15, 0.2) is 6.07 Å². The van der Waals surface area contributed by atoms with Crippen molar-refractivity contribution in [1.29, 1.82) is 0 Å². The largest absolute Gasteiger partial charge is 0.573 e. The molecule has 0 atom stereocenters. The maximum Gasteiger partial charge on any atom is 0.573 e. The Morgan fingerprint density at radius 3 is 2.58 bits per heavy atom. The Bertz CT molecular complexity index is 479. The number of halogens is 4. The van der Waals surface area contributed by atoms with Gasteiger partial charge < -0.3 is 14.2 Å². The molecule has 0 unspecified atom stereocenters. The van der Waals surface area contributed by atoms with Crippen molar-refractivity contribution in [3.63, 3.8) is 0 Å². The third-order valence-electron chi connectivity index (χ3n) is 1.83. The van der Waals surface area contributed by atoms with Crippen molar-refractivity contribution in [2.24, 2.45) is 0 Å². The number of aromatic nitrogens is 1. The molecule has 0 aliphatic carbocycles. The number of methoxy groups -OCH3 is 1. The van der Waals surface area contributed by atoms with E-state index in [4.69, 9.17) is 4.74 Å². The molecule has 0 saturated carbocycles. The summed E-state index contributed by atoms with van der Waals surface area (Å²) >= 11 is 1.51. The van der Waals surface area contributed by atoms with Gasteiger partial charge in [0.2, 0.25) is 5.88 Å². The topological polar surface area (TPSA) is 57.7 Å². The summed E-state index contributed by atoms with van der Waals surface area (Å²) in [7, 11) is 1.28. The number of carbonyl (C=O) groups is 1. The predicted octanol–water partition coefficient (Wildman–Crippen LogP) is 2.77. The zero-order chi connectivity index (χ0) is 14.6. The lowest BCUT2D eigenvalue weighted by molar-refractivity contribution is -0.275. The molecule has 0 aliphatic rings. The number of carbonyl (C=O) groups excluding carboxylic acids is 1. The Hall–Kier alpha value is -1.26. The minimum Gasteiger partial charge on any atom is -0.481 e. The third kappa shape index (κ3) is 4.40. The van der Waals surface area contributed by atoms with Gasteiger partial charge in [0.1, 0.15) is 9.26 Å². The van der Waals surface area contributed by atoms with Gasteiger partial charge in [-0.1, -0.05) is 0 Å². The molecule has 1 aromatic heterocycles. The molecule has 5 nitrogen and oxygen atoms in total. The second kappa shape index (κ2) is 6.26. The number of hydrogen-bond donors (Lipinski definition) is 0. The van der Waals surface area contributed by atoms with Crippen LogP contribution in [0.4, 0.5) is 13.2 Å². The normalized spacial score (nSPS) is 11.1. The lowest BCUT2D eigenvalue weighted by atomic mass is 10.2. The van der Waals surface area contributed by atoms with Crippen molar-refractivity contribution in [3.8, 4) is 11.6 Å². The summed E-state index contributed by atoms with van der Waals surface area (Å²) < 4.78 is 50.0. The number of esters is 1. The summed E-state index contributed by atoms with van der Waals surface area (Å²) in [6.07, 6.45) is -4.93. The maximum atomic E-state index is 12.3. The lowest BCUT2D eigenvalue weighted by Crippen LogP contribution is -2.21. The predicted molar refractivity (Wildman–Crippen MR) is 66.1 cm³/mol. The third-order valence-corrected chi connectivity index (χ3v) is 2.56. The molecule has 1 rings (SSSR count). The molecule has 0 saturated heterocycles. The summed E-state index contributed by atoms with van der Waals surface area (Å²) in [5, 5.41) is 0. The minimum absolute atomic E-state index is 0.0121. The van der Waals surface area contributed by atoms with Crippen molar-refractivity contribution in [3.05, 3.63) is 15.3 Å². The molecule has 0 amide bonds. The molecule has 9 heteroatoms. The fourth-order valence-corrected chi connectivity index (χ4v) is 1.80. The summed E-state index contributed by atoms with van der Waals surface area (Å²) in [6.45, 7) is 1.55. The highest BCUT2D eigenvalue weighted by Gasteiger charge is 2.35. The van der Waals surface area contributed by atoms with Gasteiger partial charge in [-0.25, -0.2) is 9.78 Å². The highest BCUT2D eigenvalue weighted by atomic mass is 127. The first-order valence-corrected chi connectivity index (χ1v) is 6.03. The fourth-order valence-electron chi connectivity index (χ4n) is 1.16. The van der Waals surface area contributed by atoms with E-state index < -0.39 is 23.6 Å². The standard InChI is InChI=1S/C10H9F3INO4/c1-3-18-9(16)5-4-6(17-2)15-8(14)7(5)19-10(11,12)13/h4H,3H2,1-2H3. The Morgan fingerprint density at radius 1 is 1.47 bits per heavy atom. The number of rotatable bonds is 4. The van der Waals surface area contributed by atoms with Crippen LogP contribution in [0.1, 0.15) is 17.3 Å². The van der Waals surface area contributed by atoms with E-state index in [0.717, 1.165) is 6.07 Å². The molecular weight excluding hydrogens is 382 g/mol. The molecule has 19 heavy (non-hydrogen) atoms. The van der Waals surface area contributed by atoms with Gasteiger partial charge in [0.15, 0.2) is 5.75 Å². The molecule has 106 valence electrons.